The third-order valence-electron chi connectivity index (χ3n) is 7.50. The van der Waals surface area contributed by atoms with Gasteiger partial charge in [0.1, 0.15) is 6.61 Å². The zero-order valence-corrected chi connectivity index (χ0v) is 27.6. The van der Waals surface area contributed by atoms with Crippen LogP contribution in [0.3, 0.4) is 0 Å². The summed E-state index contributed by atoms with van der Waals surface area (Å²) in [4.78, 5) is 35.0. The molecular formula is C34H64O6S. The number of aliphatic hydroxyl groups excluding tert-OH is 1. The van der Waals surface area contributed by atoms with Crippen LogP contribution in [-0.4, -0.2) is 47.2 Å². The summed E-state index contributed by atoms with van der Waals surface area (Å²) < 4.78 is 10.5. The van der Waals surface area contributed by atoms with Crippen LogP contribution in [-0.2, 0) is 23.9 Å². The average Bonchev–Trinajstić information content (AvgIpc) is 2.95. The van der Waals surface area contributed by atoms with Crippen LogP contribution in [0.4, 0.5) is 0 Å². The first-order chi connectivity index (χ1) is 20.0. The second kappa shape index (κ2) is 31.8. The van der Waals surface area contributed by atoms with Gasteiger partial charge in [-0.2, -0.15) is 0 Å². The van der Waals surface area contributed by atoms with E-state index in [0.717, 1.165) is 50.7 Å². The molecule has 0 radical (unpaired) electrons. The van der Waals surface area contributed by atoms with Crippen LogP contribution in [0.15, 0.2) is 0 Å². The first-order valence-electron chi connectivity index (χ1n) is 17.1. The van der Waals surface area contributed by atoms with E-state index in [4.69, 9.17) is 9.47 Å². The predicted molar refractivity (Wildman–Crippen MR) is 172 cm³/mol. The molecule has 0 rings (SSSR count). The van der Waals surface area contributed by atoms with E-state index in [0.29, 0.717) is 12.8 Å². The standard InChI is InChI=1S/C34H64O6S/c1-3-4-5-6-7-8-9-11-15-18-21-24-27-34(38)40-32(29-35)30-39-33(37)26-23-20-17-14-12-10-13-16-19-22-25-28-41-31(2)36/h32,35H,3-30H2,1-2H3/t32-/m1/s1. The molecule has 1 atom stereocenters. The Labute approximate surface area is 256 Å². The molecule has 0 fully saturated rings. The minimum Gasteiger partial charge on any atom is -0.462 e. The van der Waals surface area contributed by atoms with Crippen molar-refractivity contribution in [3.8, 4) is 0 Å². The first-order valence-corrected chi connectivity index (χ1v) is 18.1. The Balaban J connectivity index is 3.53. The van der Waals surface area contributed by atoms with Crippen molar-refractivity contribution in [2.24, 2.45) is 0 Å². The number of ether oxygens (including phenoxy) is 2. The lowest BCUT2D eigenvalue weighted by Crippen LogP contribution is -2.28. The molecule has 0 aromatic rings. The van der Waals surface area contributed by atoms with Gasteiger partial charge in [0.2, 0.25) is 0 Å². The first kappa shape index (κ1) is 39.9. The molecule has 6 nitrogen and oxygen atoms in total. The van der Waals surface area contributed by atoms with Crippen molar-refractivity contribution >= 4 is 28.8 Å². The van der Waals surface area contributed by atoms with Gasteiger partial charge in [-0.3, -0.25) is 14.4 Å². The van der Waals surface area contributed by atoms with Crippen molar-refractivity contribution in [1.82, 2.24) is 0 Å². The maximum atomic E-state index is 12.1. The fourth-order valence-electron chi connectivity index (χ4n) is 4.92. The molecule has 0 saturated carbocycles. The number of thioether (sulfide) groups is 1. The molecule has 242 valence electrons. The summed E-state index contributed by atoms with van der Waals surface area (Å²) in [6.07, 6.45) is 27.7. The summed E-state index contributed by atoms with van der Waals surface area (Å²) in [6, 6.07) is 0. The highest BCUT2D eigenvalue weighted by Crippen LogP contribution is 2.15. The quantitative estimate of drug-likeness (QED) is 0.0626. The van der Waals surface area contributed by atoms with Gasteiger partial charge >= 0.3 is 11.9 Å². The van der Waals surface area contributed by atoms with Gasteiger partial charge in [-0.05, 0) is 19.3 Å². The lowest BCUT2D eigenvalue weighted by Gasteiger charge is -2.15. The molecule has 0 spiro atoms. The maximum absolute atomic E-state index is 12.1. The maximum Gasteiger partial charge on any atom is 0.306 e. The number of aliphatic hydroxyl groups is 1. The van der Waals surface area contributed by atoms with Crippen LogP contribution in [0.2, 0.25) is 0 Å². The van der Waals surface area contributed by atoms with Crippen LogP contribution < -0.4 is 0 Å². The van der Waals surface area contributed by atoms with Gasteiger partial charge in [-0.25, -0.2) is 0 Å². The van der Waals surface area contributed by atoms with Crippen LogP contribution in [0, 0.1) is 0 Å². The lowest BCUT2D eigenvalue weighted by molar-refractivity contribution is -0.161. The monoisotopic (exact) mass is 600 g/mol. The largest absolute Gasteiger partial charge is 0.462 e. The van der Waals surface area contributed by atoms with Crippen molar-refractivity contribution in [3.63, 3.8) is 0 Å². The Kier molecular flexibility index (Phi) is 31.0. The second-order valence-corrected chi connectivity index (χ2v) is 12.9. The minimum atomic E-state index is -0.775. The van der Waals surface area contributed by atoms with E-state index in [1.54, 1.807) is 6.92 Å². The zero-order valence-electron chi connectivity index (χ0n) is 26.8. The third-order valence-corrected chi connectivity index (χ3v) is 8.40. The fourth-order valence-corrected chi connectivity index (χ4v) is 5.55. The zero-order chi connectivity index (χ0) is 30.2. The van der Waals surface area contributed by atoms with Crippen molar-refractivity contribution in [3.05, 3.63) is 0 Å². The van der Waals surface area contributed by atoms with Gasteiger partial charge in [0, 0.05) is 25.5 Å². The second-order valence-electron chi connectivity index (χ2n) is 11.6. The highest BCUT2D eigenvalue weighted by atomic mass is 32.2. The molecule has 0 aliphatic heterocycles. The summed E-state index contributed by atoms with van der Waals surface area (Å²) in [5.74, 6) is 0.343. The van der Waals surface area contributed by atoms with Crippen molar-refractivity contribution in [2.45, 2.75) is 180 Å². The van der Waals surface area contributed by atoms with E-state index in [9.17, 15) is 19.5 Å². The Morgan fingerprint density at radius 2 is 0.976 bits per heavy atom. The van der Waals surface area contributed by atoms with Gasteiger partial charge in [-0.15, -0.1) is 0 Å². The summed E-state index contributed by atoms with van der Waals surface area (Å²) in [6.45, 7) is 3.47. The number of hydrogen-bond acceptors (Lipinski definition) is 7. The molecule has 0 amide bonds. The van der Waals surface area contributed by atoms with Crippen molar-refractivity contribution in [1.29, 1.82) is 0 Å². The van der Waals surface area contributed by atoms with Crippen LogP contribution in [0.5, 0.6) is 0 Å². The topological polar surface area (TPSA) is 89.9 Å². The third kappa shape index (κ3) is 31.7. The van der Waals surface area contributed by atoms with Gasteiger partial charge in [0.05, 0.1) is 6.61 Å². The molecule has 0 bridgehead atoms. The molecule has 7 heteroatoms. The van der Waals surface area contributed by atoms with Gasteiger partial charge in [0.25, 0.3) is 0 Å². The molecule has 0 aromatic heterocycles. The Bertz CT molecular complexity index is 612. The summed E-state index contributed by atoms with van der Waals surface area (Å²) in [5.41, 5.74) is 0. The molecule has 0 aliphatic carbocycles. The smallest absolute Gasteiger partial charge is 0.306 e. The Hall–Kier alpha value is -1.08. The summed E-state index contributed by atoms with van der Waals surface area (Å²) >= 11 is 1.43. The van der Waals surface area contributed by atoms with Crippen molar-refractivity contribution < 1.29 is 29.0 Å². The number of esters is 2. The molecule has 0 saturated heterocycles. The summed E-state index contributed by atoms with van der Waals surface area (Å²) in [5, 5.41) is 9.71. The minimum absolute atomic E-state index is 0.0743. The molecule has 0 unspecified atom stereocenters. The van der Waals surface area contributed by atoms with Crippen molar-refractivity contribution in [2.75, 3.05) is 19.0 Å². The van der Waals surface area contributed by atoms with Gasteiger partial charge in [-0.1, -0.05) is 147 Å². The van der Waals surface area contributed by atoms with Crippen LogP contribution >= 0.6 is 11.8 Å². The highest BCUT2D eigenvalue weighted by Gasteiger charge is 2.16. The fraction of sp³-hybridized carbons (Fsp3) is 0.912. The summed E-state index contributed by atoms with van der Waals surface area (Å²) in [7, 11) is 0. The van der Waals surface area contributed by atoms with Crippen LogP contribution in [0.1, 0.15) is 174 Å². The SMILES string of the molecule is CCCCCCCCCCCCCCC(=O)O[C@H](CO)COC(=O)CCCCCCCCCCCCCSC(C)=O. The van der Waals surface area contributed by atoms with E-state index in [2.05, 4.69) is 6.92 Å². The Morgan fingerprint density at radius 3 is 1.39 bits per heavy atom. The number of rotatable bonds is 31. The highest BCUT2D eigenvalue weighted by molar-refractivity contribution is 8.13. The van der Waals surface area contributed by atoms with E-state index >= 15 is 0 Å². The number of carbonyl (C=O) groups is 3. The number of carbonyl (C=O) groups excluding carboxylic acids is 3. The lowest BCUT2D eigenvalue weighted by atomic mass is 10.0. The van der Waals surface area contributed by atoms with Gasteiger partial charge < -0.3 is 14.6 Å². The normalized spacial score (nSPS) is 11.9. The molecule has 41 heavy (non-hydrogen) atoms. The number of unbranched alkanes of at least 4 members (excludes halogenated alkanes) is 21. The molecule has 0 heterocycles. The molecular weight excluding hydrogens is 536 g/mol. The van der Waals surface area contributed by atoms with E-state index in [1.165, 1.54) is 114 Å². The van der Waals surface area contributed by atoms with E-state index < -0.39 is 6.10 Å². The van der Waals surface area contributed by atoms with Crippen LogP contribution in [0.25, 0.3) is 0 Å². The molecule has 0 aromatic carbocycles. The predicted octanol–water partition coefficient (Wildman–Crippen LogP) is 9.49. The average molecular weight is 601 g/mol. The van der Waals surface area contributed by atoms with E-state index in [1.807, 2.05) is 0 Å². The molecule has 1 N–H and O–H groups in total. The number of hydrogen-bond donors (Lipinski definition) is 1. The van der Waals surface area contributed by atoms with E-state index in [-0.39, 0.29) is 30.3 Å². The molecule has 0 aliphatic rings. The Morgan fingerprint density at radius 1 is 0.585 bits per heavy atom. The van der Waals surface area contributed by atoms with Gasteiger partial charge in [0.15, 0.2) is 11.2 Å².